The smallest absolute Gasteiger partial charge is 0.222 e. The summed E-state index contributed by atoms with van der Waals surface area (Å²) in [6.07, 6.45) is -17.4. The quantitative estimate of drug-likeness (QED) is 0.669. The van der Waals surface area contributed by atoms with Gasteiger partial charge in [-0.3, -0.25) is 0 Å². The molecule has 1 unspecified atom stereocenters. The van der Waals surface area contributed by atoms with Gasteiger partial charge in [-0.05, 0) is 6.08 Å². The first kappa shape index (κ1) is 17.9. The van der Waals surface area contributed by atoms with Gasteiger partial charge in [0.1, 0.15) is 0 Å². The van der Waals surface area contributed by atoms with E-state index in [2.05, 4.69) is 0 Å². The second-order valence-corrected chi connectivity index (χ2v) is 3.15. The predicted molar refractivity (Wildman–Crippen MR) is 36.1 cm³/mol. The molecule has 0 spiro atoms. The van der Waals surface area contributed by atoms with E-state index in [1.54, 1.807) is 0 Å². The van der Waals surface area contributed by atoms with Crippen LogP contribution in [0.3, 0.4) is 0 Å². The summed E-state index contributed by atoms with van der Waals surface area (Å²) in [5.74, 6) is -14.7. The molecule has 0 aliphatic carbocycles. The van der Waals surface area contributed by atoms with Gasteiger partial charge in [0.05, 0.1) is 6.33 Å². The van der Waals surface area contributed by atoms with E-state index in [1.807, 2.05) is 0 Å². The van der Waals surface area contributed by atoms with Gasteiger partial charge >= 0.3 is 24.2 Å². The number of alkyl halides is 11. The normalized spacial score (nSPS) is 18.7. The lowest BCUT2D eigenvalue weighted by atomic mass is 9.91. The van der Waals surface area contributed by atoms with Crippen molar-refractivity contribution in [3.05, 3.63) is 12.4 Å². The lowest BCUT2D eigenvalue weighted by Crippen LogP contribution is -2.66. The summed E-state index contributed by atoms with van der Waals surface area (Å²) in [5, 5.41) is 0. The van der Waals surface area contributed by atoms with Crippen molar-refractivity contribution in [2.24, 2.45) is 0 Å². The van der Waals surface area contributed by atoms with Crippen LogP contribution in [0.25, 0.3) is 0 Å². The molecule has 0 amide bonds. The SMILES string of the molecule is FC=CC(F)(C(F)(F)F)C(F)(F)C(F)(F)C(F)(F)F. The van der Waals surface area contributed by atoms with E-state index in [9.17, 15) is 52.7 Å². The van der Waals surface area contributed by atoms with Gasteiger partial charge in [-0.25, -0.2) is 8.78 Å². The molecule has 0 saturated carbocycles. The van der Waals surface area contributed by atoms with E-state index in [4.69, 9.17) is 0 Å². The second-order valence-electron chi connectivity index (χ2n) is 3.15. The number of halogens is 12. The highest BCUT2D eigenvalue weighted by molar-refractivity contribution is 5.17. The Bertz CT molecular complexity index is 346. The largest absolute Gasteiger partial charge is 0.460 e. The lowest BCUT2D eigenvalue weighted by molar-refractivity contribution is -0.402. The molecule has 114 valence electrons. The fourth-order valence-electron chi connectivity index (χ4n) is 0.870. The first-order chi connectivity index (χ1) is 8.06. The molecule has 19 heavy (non-hydrogen) atoms. The van der Waals surface area contributed by atoms with Crippen LogP contribution in [-0.2, 0) is 0 Å². The molecule has 12 heteroatoms. The third-order valence-electron chi connectivity index (χ3n) is 1.91. The molecule has 0 aromatic rings. The van der Waals surface area contributed by atoms with Crippen molar-refractivity contribution in [1.82, 2.24) is 0 Å². The summed E-state index contributed by atoms with van der Waals surface area (Å²) in [7, 11) is 0. The van der Waals surface area contributed by atoms with Gasteiger partial charge in [-0.15, -0.1) is 0 Å². The first-order valence-corrected chi connectivity index (χ1v) is 3.92. The van der Waals surface area contributed by atoms with E-state index in [0.717, 1.165) is 0 Å². The van der Waals surface area contributed by atoms with Crippen LogP contribution in [0.4, 0.5) is 52.7 Å². The van der Waals surface area contributed by atoms with Gasteiger partial charge < -0.3 is 0 Å². The van der Waals surface area contributed by atoms with Crippen molar-refractivity contribution in [1.29, 1.82) is 0 Å². The molecule has 0 fully saturated rings. The van der Waals surface area contributed by atoms with Gasteiger partial charge in [0, 0.05) is 0 Å². The second kappa shape index (κ2) is 4.47. The maximum atomic E-state index is 12.9. The summed E-state index contributed by atoms with van der Waals surface area (Å²) in [4.78, 5) is 0. The Morgan fingerprint density at radius 2 is 0.895 bits per heavy atom. The Kier molecular flexibility index (Phi) is 4.22. The Hall–Kier alpha value is -1.10. The van der Waals surface area contributed by atoms with Gasteiger partial charge in [0.25, 0.3) is 5.67 Å². The van der Waals surface area contributed by atoms with Crippen LogP contribution in [0.1, 0.15) is 0 Å². The molecular weight excluding hydrogens is 312 g/mol. The zero-order valence-corrected chi connectivity index (χ0v) is 8.19. The maximum absolute atomic E-state index is 12.9. The first-order valence-electron chi connectivity index (χ1n) is 3.92. The molecule has 0 heterocycles. The summed E-state index contributed by atoms with van der Waals surface area (Å²) in [5.41, 5.74) is -6.53. The highest BCUT2D eigenvalue weighted by atomic mass is 19.4. The fraction of sp³-hybridized carbons (Fsp3) is 0.714. The summed E-state index contributed by atoms with van der Waals surface area (Å²) in [6.45, 7) is 0. The van der Waals surface area contributed by atoms with E-state index in [-0.39, 0.29) is 0 Å². The molecular formula is C7H2F12. The minimum atomic E-state index is -7.37. The topological polar surface area (TPSA) is 0 Å². The van der Waals surface area contributed by atoms with Crippen molar-refractivity contribution in [3.8, 4) is 0 Å². The lowest BCUT2D eigenvalue weighted by Gasteiger charge is -2.37. The van der Waals surface area contributed by atoms with Crippen LogP contribution in [-0.4, -0.2) is 29.9 Å². The molecule has 0 aliphatic rings. The maximum Gasteiger partial charge on any atom is 0.460 e. The molecule has 0 saturated heterocycles. The molecule has 0 rings (SSSR count). The van der Waals surface area contributed by atoms with Crippen LogP contribution >= 0.6 is 0 Å². The summed E-state index contributed by atoms with van der Waals surface area (Å²) in [6, 6.07) is 0. The minimum Gasteiger partial charge on any atom is -0.222 e. The molecule has 0 aromatic carbocycles. The highest BCUT2D eigenvalue weighted by Crippen LogP contribution is 2.57. The third-order valence-corrected chi connectivity index (χ3v) is 1.91. The molecule has 0 N–H and O–H groups in total. The molecule has 0 nitrogen and oxygen atoms in total. The Labute approximate surface area is 96.2 Å². The van der Waals surface area contributed by atoms with E-state index in [0.29, 0.717) is 0 Å². The summed E-state index contributed by atoms with van der Waals surface area (Å²) < 4.78 is 145. The average molecular weight is 314 g/mol. The van der Waals surface area contributed by atoms with Crippen molar-refractivity contribution >= 4 is 0 Å². The number of hydrogen-bond acceptors (Lipinski definition) is 0. The van der Waals surface area contributed by atoms with Crippen molar-refractivity contribution in [2.45, 2.75) is 29.9 Å². The number of rotatable bonds is 3. The molecule has 1 atom stereocenters. The predicted octanol–water partition coefficient (Wildman–Crippen LogP) is 4.57. The summed E-state index contributed by atoms with van der Waals surface area (Å²) >= 11 is 0. The standard InChI is InChI=1S/C7H2F12/c8-2-1-3(9,6(14,15)16)4(10,11)5(12,13)7(17,18)19/h1-2H. The highest BCUT2D eigenvalue weighted by Gasteiger charge is 2.85. The van der Waals surface area contributed by atoms with Crippen LogP contribution in [0.2, 0.25) is 0 Å². The molecule has 0 aliphatic heterocycles. The van der Waals surface area contributed by atoms with Crippen molar-refractivity contribution in [3.63, 3.8) is 0 Å². The average Bonchev–Trinajstić information content (AvgIpc) is 2.13. The van der Waals surface area contributed by atoms with Crippen LogP contribution in [0.5, 0.6) is 0 Å². The van der Waals surface area contributed by atoms with E-state index < -0.39 is 42.3 Å². The Balaban J connectivity index is 6.12. The van der Waals surface area contributed by atoms with Crippen LogP contribution < -0.4 is 0 Å². The monoisotopic (exact) mass is 314 g/mol. The van der Waals surface area contributed by atoms with Crippen molar-refractivity contribution in [2.75, 3.05) is 0 Å². The van der Waals surface area contributed by atoms with E-state index in [1.165, 1.54) is 0 Å². The molecule has 0 aromatic heterocycles. The Morgan fingerprint density at radius 3 is 1.11 bits per heavy atom. The molecule has 0 bridgehead atoms. The molecule has 0 radical (unpaired) electrons. The van der Waals surface area contributed by atoms with Gasteiger partial charge in [0.15, 0.2) is 0 Å². The third kappa shape index (κ3) is 2.48. The van der Waals surface area contributed by atoms with E-state index >= 15 is 0 Å². The van der Waals surface area contributed by atoms with Gasteiger partial charge in [-0.2, -0.15) is 43.9 Å². The zero-order chi connectivity index (χ0) is 15.9. The van der Waals surface area contributed by atoms with Gasteiger partial charge in [0.2, 0.25) is 0 Å². The van der Waals surface area contributed by atoms with Crippen molar-refractivity contribution < 1.29 is 52.7 Å². The van der Waals surface area contributed by atoms with Crippen LogP contribution in [0, 0.1) is 0 Å². The zero-order valence-electron chi connectivity index (χ0n) is 8.19. The fourth-order valence-corrected chi connectivity index (χ4v) is 0.870. The minimum absolute atomic E-state index is 1.55. The Morgan fingerprint density at radius 1 is 0.526 bits per heavy atom. The van der Waals surface area contributed by atoms with Gasteiger partial charge in [-0.1, -0.05) is 0 Å². The number of allylic oxidation sites excluding steroid dienone is 1. The number of hydrogen-bond donors (Lipinski definition) is 0. The van der Waals surface area contributed by atoms with Crippen LogP contribution in [0.15, 0.2) is 12.4 Å².